The lowest BCUT2D eigenvalue weighted by molar-refractivity contribution is -0.112. The summed E-state index contributed by atoms with van der Waals surface area (Å²) in [6, 6.07) is 11.3. The number of nitrogens with zero attached hydrogens (tertiary/aromatic N) is 4. The normalized spacial score (nSPS) is 11.8. The molecule has 1 amide bonds. The number of amides is 1. The summed E-state index contributed by atoms with van der Waals surface area (Å²) in [5, 5.41) is 11.5. The zero-order valence-electron chi connectivity index (χ0n) is 17.2. The van der Waals surface area contributed by atoms with Gasteiger partial charge in [-0.05, 0) is 43.7 Å². The fourth-order valence-electron chi connectivity index (χ4n) is 2.96. The van der Waals surface area contributed by atoms with Crippen molar-refractivity contribution in [3.05, 3.63) is 52.9 Å². The molecule has 9 nitrogen and oxygen atoms in total. The first kappa shape index (κ1) is 22.2. The van der Waals surface area contributed by atoms with E-state index >= 15 is 0 Å². The zero-order valence-corrected chi connectivity index (χ0v) is 18.8. The maximum Gasteiger partial charge on any atom is 0.268 e. The van der Waals surface area contributed by atoms with Crippen molar-refractivity contribution in [1.82, 2.24) is 13.9 Å². The van der Waals surface area contributed by atoms with Crippen molar-refractivity contribution in [3.8, 4) is 17.5 Å². The Kier molecular flexibility index (Phi) is 6.24. The van der Waals surface area contributed by atoms with E-state index in [2.05, 4.69) is 14.7 Å². The first-order chi connectivity index (χ1) is 14.6. The third-order valence-electron chi connectivity index (χ3n) is 4.41. The molecular formula is C20H19N5O4S2. The summed E-state index contributed by atoms with van der Waals surface area (Å²) >= 11 is 0.725. The van der Waals surface area contributed by atoms with Crippen LogP contribution in [0.3, 0.4) is 0 Å². The van der Waals surface area contributed by atoms with Crippen molar-refractivity contribution in [2.75, 3.05) is 18.7 Å². The van der Waals surface area contributed by atoms with E-state index in [1.54, 1.807) is 7.11 Å². The highest BCUT2D eigenvalue weighted by molar-refractivity contribution is 7.90. The summed E-state index contributed by atoms with van der Waals surface area (Å²) in [5.74, 6) is 0.00888. The molecule has 160 valence electrons. The van der Waals surface area contributed by atoms with E-state index in [0.29, 0.717) is 11.3 Å². The van der Waals surface area contributed by atoms with Gasteiger partial charge >= 0.3 is 0 Å². The summed E-state index contributed by atoms with van der Waals surface area (Å²) in [5.41, 5.74) is 3.18. The Hall–Kier alpha value is -3.49. The molecule has 3 rings (SSSR count). The number of hydrogen-bond acceptors (Lipinski definition) is 8. The quantitative estimate of drug-likeness (QED) is 0.445. The molecule has 2 heterocycles. The highest BCUT2D eigenvalue weighted by Gasteiger charge is 2.18. The molecule has 0 saturated carbocycles. The lowest BCUT2D eigenvalue weighted by Gasteiger charge is -2.11. The summed E-state index contributed by atoms with van der Waals surface area (Å²) in [6.45, 7) is 3.80. The predicted octanol–water partition coefficient (Wildman–Crippen LogP) is 2.90. The molecule has 3 aromatic rings. The monoisotopic (exact) mass is 457 g/mol. The number of benzene rings is 1. The Balaban J connectivity index is 1.91. The van der Waals surface area contributed by atoms with Gasteiger partial charge in [-0.3, -0.25) is 10.1 Å². The van der Waals surface area contributed by atoms with Crippen molar-refractivity contribution in [2.45, 2.75) is 19.0 Å². The van der Waals surface area contributed by atoms with Gasteiger partial charge in [-0.2, -0.15) is 14.6 Å². The fourth-order valence-corrected chi connectivity index (χ4v) is 4.40. The molecule has 31 heavy (non-hydrogen) atoms. The third-order valence-corrected chi connectivity index (χ3v) is 6.00. The van der Waals surface area contributed by atoms with Gasteiger partial charge in [0.05, 0.1) is 7.11 Å². The highest BCUT2D eigenvalue weighted by atomic mass is 32.2. The van der Waals surface area contributed by atoms with Crippen LogP contribution in [0.15, 0.2) is 41.1 Å². The Morgan fingerprint density at radius 1 is 1.32 bits per heavy atom. The van der Waals surface area contributed by atoms with Crippen molar-refractivity contribution >= 4 is 38.5 Å². The van der Waals surface area contributed by atoms with Crippen LogP contribution in [0, 0.1) is 25.2 Å². The van der Waals surface area contributed by atoms with Gasteiger partial charge in [0.1, 0.15) is 17.4 Å². The van der Waals surface area contributed by atoms with Crippen molar-refractivity contribution in [2.24, 2.45) is 0 Å². The summed E-state index contributed by atoms with van der Waals surface area (Å²) in [4.78, 5) is 16.3. The minimum absolute atomic E-state index is 0.00608. The van der Waals surface area contributed by atoms with Gasteiger partial charge in [0.25, 0.3) is 11.1 Å². The average molecular weight is 458 g/mol. The lowest BCUT2D eigenvalue weighted by Crippen LogP contribution is -2.13. The average Bonchev–Trinajstić information content (AvgIpc) is 3.30. The molecule has 0 unspecified atom stereocenters. The van der Waals surface area contributed by atoms with Crippen LogP contribution in [0.25, 0.3) is 11.8 Å². The summed E-state index contributed by atoms with van der Waals surface area (Å²) < 4.78 is 33.9. The topological polar surface area (TPSA) is 127 Å². The SMILES string of the molecule is COc1cccc(-n2c(C)cc(C=C(C#N)C(=O)Nc3nc(S(C)(=O)=O)ns3)c2C)c1. The third kappa shape index (κ3) is 4.82. The number of methoxy groups -OCH3 is 1. The first-order valence-corrected chi connectivity index (χ1v) is 11.6. The Bertz CT molecular complexity index is 1330. The fraction of sp³-hybridized carbons (Fsp3) is 0.200. The summed E-state index contributed by atoms with van der Waals surface area (Å²) in [6.07, 6.45) is 2.45. The van der Waals surface area contributed by atoms with E-state index in [1.807, 2.05) is 54.8 Å². The molecule has 0 fully saturated rings. The van der Waals surface area contributed by atoms with Crippen molar-refractivity contribution < 1.29 is 17.9 Å². The van der Waals surface area contributed by atoms with Gasteiger partial charge in [0.15, 0.2) is 0 Å². The maximum absolute atomic E-state index is 12.5. The maximum atomic E-state index is 12.5. The van der Waals surface area contributed by atoms with Crippen LogP contribution >= 0.6 is 11.5 Å². The second-order valence-corrected chi connectivity index (χ2v) is 9.30. The van der Waals surface area contributed by atoms with Crippen LogP contribution in [-0.4, -0.2) is 41.6 Å². The van der Waals surface area contributed by atoms with Crippen LogP contribution in [0.5, 0.6) is 5.75 Å². The van der Waals surface area contributed by atoms with E-state index in [4.69, 9.17) is 4.74 Å². The molecule has 0 aliphatic heterocycles. The lowest BCUT2D eigenvalue weighted by atomic mass is 10.1. The van der Waals surface area contributed by atoms with Crippen LogP contribution in [0.1, 0.15) is 17.0 Å². The number of hydrogen-bond donors (Lipinski definition) is 1. The van der Waals surface area contributed by atoms with E-state index < -0.39 is 15.7 Å². The molecule has 0 radical (unpaired) electrons. The molecule has 1 N–H and O–H groups in total. The van der Waals surface area contributed by atoms with E-state index in [-0.39, 0.29) is 15.9 Å². The number of aryl methyl sites for hydroxylation is 1. The van der Waals surface area contributed by atoms with Gasteiger partial charge in [-0.1, -0.05) is 6.07 Å². The molecule has 0 atom stereocenters. The Morgan fingerprint density at radius 2 is 2.06 bits per heavy atom. The molecule has 0 bridgehead atoms. The van der Waals surface area contributed by atoms with Gasteiger partial charge in [0.2, 0.25) is 15.0 Å². The number of ether oxygens (including phenoxy) is 1. The van der Waals surface area contributed by atoms with Crippen molar-refractivity contribution in [1.29, 1.82) is 5.26 Å². The second-order valence-electron chi connectivity index (χ2n) is 6.64. The first-order valence-electron chi connectivity index (χ1n) is 8.94. The minimum Gasteiger partial charge on any atom is -0.497 e. The van der Waals surface area contributed by atoms with Gasteiger partial charge in [-0.15, -0.1) is 0 Å². The smallest absolute Gasteiger partial charge is 0.268 e. The van der Waals surface area contributed by atoms with Gasteiger partial charge in [-0.25, -0.2) is 8.42 Å². The van der Waals surface area contributed by atoms with E-state index in [0.717, 1.165) is 34.9 Å². The van der Waals surface area contributed by atoms with Gasteiger partial charge in [0, 0.05) is 40.9 Å². The number of carbonyl (C=O) groups is 1. The number of carbonyl (C=O) groups excluding carboxylic acids is 1. The number of nitrogens with one attached hydrogen (secondary N) is 1. The van der Waals surface area contributed by atoms with Crippen LogP contribution < -0.4 is 10.1 Å². The molecule has 0 aliphatic carbocycles. The molecule has 2 aromatic heterocycles. The van der Waals surface area contributed by atoms with Crippen LogP contribution in [0.4, 0.5) is 5.13 Å². The zero-order chi connectivity index (χ0) is 22.8. The molecule has 0 spiro atoms. The Labute approximate surface area is 183 Å². The highest BCUT2D eigenvalue weighted by Crippen LogP contribution is 2.25. The molecule has 11 heteroatoms. The molecule has 0 aliphatic rings. The molecule has 0 saturated heterocycles. The molecule has 1 aromatic carbocycles. The number of sulfone groups is 1. The number of aromatic nitrogens is 3. The minimum atomic E-state index is -3.59. The summed E-state index contributed by atoms with van der Waals surface area (Å²) in [7, 11) is -1.99. The van der Waals surface area contributed by atoms with Crippen LogP contribution in [0.2, 0.25) is 0 Å². The van der Waals surface area contributed by atoms with E-state index in [1.165, 1.54) is 6.08 Å². The predicted molar refractivity (Wildman–Crippen MR) is 117 cm³/mol. The van der Waals surface area contributed by atoms with E-state index in [9.17, 15) is 18.5 Å². The Morgan fingerprint density at radius 3 is 2.68 bits per heavy atom. The number of rotatable bonds is 6. The van der Waals surface area contributed by atoms with Crippen LogP contribution in [-0.2, 0) is 14.6 Å². The van der Waals surface area contributed by atoms with Crippen molar-refractivity contribution in [3.63, 3.8) is 0 Å². The van der Waals surface area contributed by atoms with Gasteiger partial charge < -0.3 is 9.30 Å². The number of anilines is 1. The largest absolute Gasteiger partial charge is 0.497 e. The molecular weight excluding hydrogens is 438 g/mol. The standard InChI is InChI=1S/C20H19N5O4S2/c1-12-8-14(13(2)25(12)16-6-5-7-17(10-16)29-3)9-15(11-21)18(26)22-19-23-20(24-30-19)31(4,27)28/h5-10H,1-4H3,(H,22,23,24,26). The second kappa shape index (κ2) is 8.71. The number of nitriles is 1.